The molecular formula is C23H28FN5O2. The van der Waals surface area contributed by atoms with Crippen LogP contribution in [0.2, 0.25) is 0 Å². The van der Waals surface area contributed by atoms with E-state index >= 15 is 0 Å². The molecule has 1 aromatic carbocycles. The Labute approximate surface area is 181 Å². The van der Waals surface area contributed by atoms with E-state index in [-0.39, 0.29) is 23.7 Å². The highest BCUT2D eigenvalue weighted by Gasteiger charge is 2.36. The Morgan fingerprint density at radius 3 is 2.48 bits per heavy atom. The van der Waals surface area contributed by atoms with E-state index in [1.54, 1.807) is 29.1 Å². The molecule has 1 aromatic heterocycles. The molecule has 0 radical (unpaired) electrons. The first kappa shape index (κ1) is 21.2. The second-order valence-electron chi connectivity index (χ2n) is 8.22. The number of aryl methyl sites for hydroxylation is 1. The van der Waals surface area contributed by atoms with Gasteiger partial charge in [0.05, 0.1) is 17.9 Å². The summed E-state index contributed by atoms with van der Waals surface area (Å²) in [5.74, 6) is -0.224. The van der Waals surface area contributed by atoms with Gasteiger partial charge in [-0.25, -0.2) is 4.39 Å². The van der Waals surface area contributed by atoms with Crippen LogP contribution in [0.15, 0.2) is 42.7 Å². The monoisotopic (exact) mass is 425 g/mol. The summed E-state index contributed by atoms with van der Waals surface area (Å²) in [5.41, 5.74) is 2.48. The average molecular weight is 426 g/mol. The number of anilines is 1. The first-order chi connectivity index (χ1) is 14.9. The highest BCUT2D eigenvalue weighted by Crippen LogP contribution is 2.24. The number of piperidine rings is 1. The van der Waals surface area contributed by atoms with Crippen LogP contribution >= 0.6 is 0 Å². The zero-order valence-corrected chi connectivity index (χ0v) is 18.0. The van der Waals surface area contributed by atoms with Crippen LogP contribution in [0.5, 0.6) is 0 Å². The summed E-state index contributed by atoms with van der Waals surface area (Å²) >= 11 is 0. The molecule has 0 spiro atoms. The third-order valence-corrected chi connectivity index (χ3v) is 6.12. The maximum atomic E-state index is 13.1. The molecule has 4 rings (SSSR count). The number of halogens is 1. The van der Waals surface area contributed by atoms with Crippen molar-refractivity contribution in [3.8, 4) is 0 Å². The van der Waals surface area contributed by atoms with Gasteiger partial charge in [0.15, 0.2) is 0 Å². The Kier molecular flexibility index (Phi) is 6.18. The summed E-state index contributed by atoms with van der Waals surface area (Å²) in [6.45, 7) is 5.09. The number of hydrogen-bond donors (Lipinski definition) is 0. The van der Waals surface area contributed by atoms with Crippen LogP contribution in [0.4, 0.5) is 10.1 Å². The lowest BCUT2D eigenvalue weighted by Gasteiger charge is -2.42. The minimum Gasteiger partial charge on any atom is -0.337 e. The van der Waals surface area contributed by atoms with Crippen molar-refractivity contribution in [1.82, 2.24) is 19.6 Å². The molecule has 2 aromatic rings. The lowest BCUT2D eigenvalue weighted by Crippen LogP contribution is -2.58. The predicted molar refractivity (Wildman–Crippen MR) is 117 cm³/mol. The van der Waals surface area contributed by atoms with Gasteiger partial charge in [-0.3, -0.25) is 19.2 Å². The Hall–Kier alpha value is -3.00. The zero-order valence-electron chi connectivity index (χ0n) is 18.0. The minimum absolute atomic E-state index is 0.0477. The predicted octanol–water partition coefficient (Wildman–Crippen LogP) is 2.30. The quantitative estimate of drug-likeness (QED) is 0.706. The number of hydrogen-bond acceptors (Lipinski definition) is 4. The molecule has 0 N–H and O–H groups in total. The summed E-state index contributed by atoms with van der Waals surface area (Å²) in [6.07, 6.45) is 7.00. The number of rotatable bonds is 4. The fraction of sp³-hybridized carbons (Fsp3) is 0.435. The number of carbonyl (C=O) groups excluding carboxylic acids is 2. The van der Waals surface area contributed by atoms with Crippen LogP contribution in [0.3, 0.4) is 0 Å². The number of amides is 2. The van der Waals surface area contributed by atoms with E-state index < -0.39 is 0 Å². The molecule has 2 aliphatic rings. The molecule has 2 saturated heterocycles. The molecule has 164 valence electrons. The molecule has 0 saturated carbocycles. The standard InChI is InChI=1S/C23H28FN5O2/c1-17(18-5-7-19(24)8-6-18)14-22(30)28-12-10-27(11-13-28)21-4-3-9-29(23(21)31)20-15-25-26(2)16-20/h5-8,14-16,21H,3-4,9-13H2,1-2H3. The number of piperazine rings is 1. The first-order valence-electron chi connectivity index (χ1n) is 10.7. The Morgan fingerprint density at radius 2 is 1.84 bits per heavy atom. The highest BCUT2D eigenvalue weighted by atomic mass is 19.1. The van der Waals surface area contributed by atoms with Gasteiger partial charge in [-0.05, 0) is 43.0 Å². The van der Waals surface area contributed by atoms with Gasteiger partial charge >= 0.3 is 0 Å². The summed E-state index contributed by atoms with van der Waals surface area (Å²) in [6, 6.07) is 5.99. The second kappa shape index (κ2) is 9.01. The fourth-order valence-corrected chi connectivity index (χ4v) is 4.33. The molecule has 31 heavy (non-hydrogen) atoms. The molecule has 0 aliphatic carbocycles. The number of allylic oxidation sites excluding steroid dienone is 1. The van der Waals surface area contributed by atoms with Crippen molar-refractivity contribution in [2.75, 3.05) is 37.6 Å². The fourth-order valence-electron chi connectivity index (χ4n) is 4.33. The SMILES string of the molecule is CC(=CC(=O)N1CCN(C2CCCN(c3cnn(C)c3)C2=O)CC1)c1ccc(F)cc1. The minimum atomic E-state index is -0.293. The van der Waals surface area contributed by atoms with Crippen molar-refractivity contribution in [3.05, 3.63) is 54.1 Å². The van der Waals surface area contributed by atoms with E-state index in [9.17, 15) is 14.0 Å². The molecule has 2 fully saturated rings. The Balaban J connectivity index is 1.35. The number of aromatic nitrogens is 2. The van der Waals surface area contributed by atoms with Gasteiger partial charge in [0, 0.05) is 52.0 Å². The Morgan fingerprint density at radius 1 is 1.13 bits per heavy atom. The van der Waals surface area contributed by atoms with E-state index in [0.717, 1.165) is 29.7 Å². The summed E-state index contributed by atoms with van der Waals surface area (Å²) < 4.78 is 14.8. The van der Waals surface area contributed by atoms with Crippen molar-refractivity contribution >= 4 is 23.1 Å². The van der Waals surface area contributed by atoms with Gasteiger partial charge in [-0.1, -0.05) is 12.1 Å². The van der Waals surface area contributed by atoms with E-state index in [0.29, 0.717) is 32.7 Å². The van der Waals surface area contributed by atoms with Crippen molar-refractivity contribution in [3.63, 3.8) is 0 Å². The maximum absolute atomic E-state index is 13.1. The zero-order chi connectivity index (χ0) is 22.0. The molecule has 2 aliphatic heterocycles. The van der Waals surface area contributed by atoms with Gasteiger partial charge < -0.3 is 9.80 Å². The molecular weight excluding hydrogens is 397 g/mol. The first-order valence-corrected chi connectivity index (χ1v) is 10.7. The van der Waals surface area contributed by atoms with Crippen LogP contribution < -0.4 is 4.90 Å². The molecule has 0 bridgehead atoms. The van der Waals surface area contributed by atoms with Crippen LogP contribution in [-0.4, -0.2) is 70.2 Å². The topological polar surface area (TPSA) is 61.7 Å². The highest BCUT2D eigenvalue weighted by molar-refractivity contribution is 5.98. The number of nitrogens with zero attached hydrogens (tertiary/aromatic N) is 5. The molecule has 7 nitrogen and oxygen atoms in total. The van der Waals surface area contributed by atoms with Crippen molar-refractivity contribution in [1.29, 1.82) is 0 Å². The largest absolute Gasteiger partial charge is 0.337 e. The Bertz CT molecular complexity index is 976. The number of benzene rings is 1. The number of carbonyl (C=O) groups is 2. The van der Waals surface area contributed by atoms with E-state index in [4.69, 9.17) is 0 Å². The molecule has 3 heterocycles. The summed E-state index contributed by atoms with van der Waals surface area (Å²) in [7, 11) is 1.85. The second-order valence-corrected chi connectivity index (χ2v) is 8.22. The lowest BCUT2D eigenvalue weighted by atomic mass is 10.0. The van der Waals surface area contributed by atoms with Gasteiger partial charge in [0.1, 0.15) is 5.82 Å². The van der Waals surface area contributed by atoms with E-state index in [1.165, 1.54) is 12.1 Å². The van der Waals surface area contributed by atoms with Crippen LogP contribution in [0, 0.1) is 5.82 Å². The van der Waals surface area contributed by atoms with Gasteiger partial charge in [0.25, 0.3) is 0 Å². The smallest absolute Gasteiger partial charge is 0.246 e. The van der Waals surface area contributed by atoms with Crippen LogP contribution in [-0.2, 0) is 16.6 Å². The van der Waals surface area contributed by atoms with Crippen LogP contribution in [0.1, 0.15) is 25.3 Å². The normalized spacial score (nSPS) is 20.9. The average Bonchev–Trinajstić information content (AvgIpc) is 3.20. The molecule has 1 unspecified atom stereocenters. The molecule has 1 atom stereocenters. The van der Waals surface area contributed by atoms with Gasteiger partial charge in [-0.2, -0.15) is 5.10 Å². The van der Waals surface area contributed by atoms with Crippen molar-refractivity contribution in [2.24, 2.45) is 7.05 Å². The van der Waals surface area contributed by atoms with Crippen molar-refractivity contribution in [2.45, 2.75) is 25.8 Å². The van der Waals surface area contributed by atoms with Crippen LogP contribution in [0.25, 0.3) is 5.57 Å². The molecule has 8 heteroatoms. The lowest BCUT2D eigenvalue weighted by molar-refractivity contribution is -0.130. The van der Waals surface area contributed by atoms with Crippen molar-refractivity contribution < 1.29 is 14.0 Å². The molecule has 2 amide bonds. The summed E-state index contributed by atoms with van der Waals surface area (Å²) in [5, 5.41) is 4.18. The van der Waals surface area contributed by atoms with E-state index in [2.05, 4.69) is 10.00 Å². The van der Waals surface area contributed by atoms with Gasteiger partial charge in [-0.15, -0.1) is 0 Å². The van der Waals surface area contributed by atoms with E-state index in [1.807, 2.05) is 30.0 Å². The van der Waals surface area contributed by atoms with Gasteiger partial charge in [0.2, 0.25) is 11.8 Å². The summed E-state index contributed by atoms with van der Waals surface area (Å²) in [4.78, 5) is 31.7. The third-order valence-electron chi connectivity index (χ3n) is 6.12. The maximum Gasteiger partial charge on any atom is 0.246 e. The third kappa shape index (κ3) is 4.69.